The van der Waals surface area contributed by atoms with Gasteiger partial charge in [0, 0.05) is 13.0 Å². The number of carbonyl (C=O) groups excluding carboxylic acids is 1. The average molecular weight is 359 g/mol. The van der Waals surface area contributed by atoms with Gasteiger partial charge in [-0.15, -0.1) is 0 Å². The molecule has 26 heavy (non-hydrogen) atoms. The summed E-state index contributed by atoms with van der Waals surface area (Å²) in [5, 5.41) is 11.3. The Morgan fingerprint density at radius 2 is 1.85 bits per heavy atom. The average Bonchev–Trinajstić information content (AvgIpc) is 2.62. The third-order valence-corrected chi connectivity index (χ3v) is 3.26. The van der Waals surface area contributed by atoms with Gasteiger partial charge in [0.2, 0.25) is 0 Å². The molecular weight excluding hydrogens is 344 g/mol. The Kier molecular flexibility index (Phi) is 6.68. The fourth-order valence-electron chi connectivity index (χ4n) is 2.00. The molecule has 2 aromatic carbocycles. The molecule has 0 aliphatic heterocycles. The predicted octanol–water partition coefficient (Wildman–Crippen LogP) is 3.33. The van der Waals surface area contributed by atoms with Crippen molar-refractivity contribution >= 4 is 12.1 Å². The van der Waals surface area contributed by atoms with Gasteiger partial charge in [-0.2, -0.15) is 0 Å². The summed E-state index contributed by atoms with van der Waals surface area (Å²) >= 11 is 0. The Morgan fingerprint density at radius 3 is 2.54 bits per heavy atom. The van der Waals surface area contributed by atoms with Crippen LogP contribution < -0.4 is 5.32 Å². The number of halogens is 2. The van der Waals surface area contributed by atoms with Crippen molar-refractivity contribution in [1.29, 1.82) is 0 Å². The molecule has 0 aromatic heterocycles. The SMILES string of the molecule is O=C(NCCC#Cc1ccc(F)c(C(=O)O)c1F)OCc1ccccc1. The molecule has 0 heterocycles. The summed E-state index contributed by atoms with van der Waals surface area (Å²) in [6.07, 6.45) is -0.434. The molecule has 0 aliphatic rings. The molecule has 2 N–H and O–H groups in total. The number of benzene rings is 2. The van der Waals surface area contributed by atoms with Gasteiger partial charge in [0.25, 0.3) is 0 Å². The second kappa shape index (κ2) is 9.18. The van der Waals surface area contributed by atoms with Crippen LogP contribution in [0.2, 0.25) is 0 Å². The minimum atomic E-state index is -1.70. The lowest BCUT2D eigenvalue weighted by Gasteiger charge is -2.05. The Labute approximate surface area is 148 Å². The van der Waals surface area contributed by atoms with E-state index in [1.165, 1.54) is 0 Å². The van der Waals surface area contributed by atoms with Gasteiger partial charge < -0.3 is 15.2 Å². The van der Waals surface area contributed by atoms with Gasteiger partial charge in [-0.1, -0.05) is 42.2 Å². The van der Waals surface area contributed by atoms with Crippen LogP contribution in [0.4, 0.5) is 13.6 Å². The molecule has 0 radical (unpaired) electrons. The maximum Gasteiger partial charge on any atom is 0.407 e. The fraction of sp³-hybridized carbons (Fsp3) is 0.158. The maximum atomic E-state index is 13.9. The van der Waals surface area contributed by atoms with E-state index in [-0.39, 0.29) is 25.1 Å². The van der Waals surface area contributed by atoms with Gasteiger partial charge in [-0.3, -0.25) is 0 Å². The zero-order chi connectivity index (χ0) is 18.9. The van der Waals surface area contributed by atoms with E-state index in [2.05, 4.69) is 17.2 Å². The van der Waals surface area contributed by atoms with Crippen LogP contribution in [-0.2, 0) is 11.3 Å². The molecule has 0 fully saturated rings. The fourth-order valence-corrected chi connectivity index (χ4v) is 2.00. The number of nitrogens with one attached hydrogen (secondary N) is 1. The molecule has 0 aliphatic carbocycles. The molecule has 5 nitrogen and oxygen atoms in total. The Bertz CT molecular complexity index is 857. The summed E-state index contributed by atoms with van der Waals surface area (Å²) in [7, 11) is 0. The van der Waals surface area contributed by atoms with Gasteiger partial charge in [-0.05, 0) is 17.7 Å². The minimum absolute atomic E-state index is 0.136. The molecule has 0 saturated heterocycles. The van der Waals surface area contributed by atoms with E-state index >= 15 is 0 Å². The number of alkyl carbamates (subject to hydrolysis) is 1. The number of hydrogen-bond donors (Lipinski definition) is 2. The van der Waals surface area contributed by atoms with E-state index in [0.29, 0.717) is 0 Å². The molecule has 134 valence electrons. The van der Waals surface area contributed by atoms with Gasteiger partial charge in [0.05, 0.1) is 5.56 Å². The second-order valence-corrected chi connectivity index (χ2v) is 5.13. The van der Waals surface area contributed by atoms with E-state index in [1.807, 2.05) is 30.3 Å². The van der Waals surface area contributed by atoms with Crippen LogP contribution in [0.15, 0.2) is 42.5 Å². The maximum absolute atomic E-state index is 13.9. The number of ether oxygens (including phenoxy) is 1. The monoisotopic (exact) mass is 359 g/mol. The summed E-state index contributed by atoms with van der Waals surface area (Å²) in [6.45, 7) is 0.298. The number of aromatic carboxylic acids is 1. The third kappa shape index (κ3) is 5.31. The minimum Gasteiger partial charge on any atom is -0.477 e. The molecule has 7 heteroatoms. The smallest absolute Gasteiger partial charge is 0.407 e. The topological polar surface area (TPSA) is 75.6 Å². The lowest BCUT2D eigenvalue weighted by molar-refractivity contribution is 0.0686. The first kappa shape index (κ1) is 18.9. The van der Waals surface area contributed by atoms with Crippen LogP contribution >= 0.6 is 0 Å². The van der Waals surface area contributed by atoms with Crippen LogP contribution in [0, 0.1) is 23.5 Å². The largest absolute Gasteiger partial charge is 0.477 e. The van der Waals surface area contributed by atoms with Crippen molar-refractivity contribution in [2.24, 2.45) is 0 Å². The molecule has 0 atom stereocenters. The van der Waals surface area contributed by atoms with Gasteiger partial charge in [-0.25, -0.2) is 18.4 Å². The number of hydrogen-bond acceptors (Lipinski definition) is 3. The van der Waals surface area contributed by atoms with E-state index < -0.39 is 29.3 Å². The molecule has 1 amide bonds. The molecule has 0 unspecified atom stereocenters. The quantitative estimate of drug-likeness (QED) is 0.634. The van der Waals surface area contributed by atoms with E-state index in [4.69, 9.17) is 9.84 Å². The van der Waals surface area contributed by atoms with E-state index in [1.54, 1.807) is 0 Å². The normalized spacial score (nSPS) is 9.77. The molecule has 0 bridgehead atoms. The molecule has 0 saturated carbocycles. The van der Waals surface area contributed by atoms with E-state index in [9.17, 15) is 18.4 Å². The van der Waals surface area contributed by atoms with Crippen LogP contribution in [0.3, 0.4) is 0 Å². The van der Waals surface area contributed by atoms with Crippen molar-refractivity contribution in [3.8, 4) is 11.8 Å². The highest BCUT2D eigenvalue weighted by Crippen LogP contribution is 2.16. The van der Waals surface area contributed by atoms with Crippen molar-refractivity contribution in [3.63, 3.8) is 0 Å². The molecular formula is C19H15F2NO4. The summed E-state index contributed by atoms with van der Waals surface area (Å²) in [5.74, 6) is 0.914. The summed E-state index contributed by atoms with van der Waals surface area (Å²) in [6, 6.07) is 11.1. The second-order valence-electron chi connectivity index (χ2n) is 5.13. The number of amides is 1. The van der Waals surface area contributed by atoms with Crippen LogP contribution in [-0.4, -0.2) is 23.7 Å². The first-order chi connectivity index (χ1) is 12.5. The lowest BCUT2D eigenvalue weighted by Crippen LogP contribution is -2.24. The van der Waals surface area contributed by atoms with E-state index in [0.717, 1.165) is 17.7 Å². The summed E-state index contributed by atoms with van der Waals surface area (Å²) in [5.41, 5.74) is -0.418. The lowest BCUT2D eigenvalue weighted by atomic mass is 10.1. The summed E-state index contributed by atoms with van der Waals surface area (Å²) < 4.78 is 32.2. The zero-order valence-corrected chi connectivity index (χ0v) is 13.6. The highest BCUT2D eigenvalue weighted by Gasteiger charge is 2.18. The van der Waals surface area contributed by atoms with Crippen LogP contribution in [0.1, 0.15) is 27.9 Å². The molecule has 0 spiro atoms. The summed E-state index contributed by atoms with van der Waals surface area (Å²) in [4.78, 5) is 22.3. The number of carboxylic acid groups (broad SMARTS) is 1. The third-order valence-electron chi connectivity index (χ3n) is 3.26. The van der Waals surface area contributed by atoms with Crippen molar-refractivity contribution in [1.82, 2.24) is 5.32 Å². The number of carboxylic acids is 1. The van der Waals surface area contributed by atoms with Crippen molar-refractivity contribution in [2.75, 3.05) is 6.54 Å². The zero-order valence-electron chi connectivity index (χ0n) is 13.6. The Morgan fingerprint density at radius 1 is 1.12 bits per heavy atom. The number of rotatable bonds is 5. The predicted molar refractivity (Wildman–Crippen MR) is 89.4 cm³/mol. The van der Waals surface area contributed by atoms with Crippen LogP contribution in [0.5, 0.6) is 0 Å². The van der Waals surface area contributed by atoms with Crippen LogP contribution in [0.25, 0.3) is 0 Å². The Balaban J connectivity index is 1.81. The van der Waals surface area contributed by atoms with Gasteiger partial charge >= 0.3 is 12.1 Å². The molecule has 2 aromatic rings. The van der Waals surface area contributed by atoms with Gasteiger partial charge in [0.1, 0.15) is 18.0 Å². The molecule has 2 rings (SSSR count). The Hall–Kier alpha value is -3.40. The van der Waals surface area contributed by atoms with Crippen molar-refractivity contribution in [2.45, 2.75) is 13.0 Å². The first-order valence-electron chi connectivity index (χ1n) is 7.63. The highest BCUT2D eigenvalue weighted by molar-refractivity contribution is 5.88. The van der Waals surface area contributed by atoms with Crippen molar-refractivity contribution < 1.29 is 28.2 Å². The first-order valence-corrected chi connectivity index (χ1v) is 7.63. The number of carbonyl (C=O) groups is 2. The van der Waals surface area contributed by atoms with Crippen molar-refractivity contribution in [3.05, 3.63) is 70.8 Å². The van der Waals surface area contributed by atoms with Gasteiger partial charge in [0.15, 0.2) is 5.82 Å². The highest BCUT2D eigenvalue weighted by atomic mass is 19.1. The standard InChI is InChI=1S/C19H15F2NO4/c20-15-10-9-14(17(21)16(15)18(23)24)8-4-5-11-22-19(25)26-12-13-6-2-1-3-7-13/h1-3,6-7,9-10H,5,11-12H2,(H,22,25)(H,23,24).